The molecule has 2 aromatic heterocycles. The van der Waals surface area contributed by atoms with Crippen LogP contribution < -0.4 is 20.0 Å². The van der Waals surface area contributed by atoms with Gasteiger partial charge in [0.1, 0.15) is 12.2 Å². The summed E-state index contributed by atoms with van der Waals surface area (Å²) in [5.74, 6) is 1.22. The molecule has 0 radical (unpaired) electrons. The number of benzene rings is 2. The molecule has 1 saturated heterocycles. The molecule has 0 saturated carbocycles. The molecule has 0 unspecified atom stereocenters. The molecular weight excluding hydrogens is 501 g/mol. The van der Waals surface area contributed by atoms with Crippen LogP contribution in [-0.2, 0) is 0 Å². The minimum absolute atomic E-state index is 0. The number of anilines is 1. The number of hydrogen-bond donors (Lipinski definition) is 0. The van der Waals surface area contributed by atoms with E-state index >= 15 is 0 Å². The van der Waals surface area contributed by atoms with Crippen LogP contribution in [0.4, 0.5) is 5.69 Å². The van der Waals surface area contributed by atoms with Crippen LogP contribution in [0.2, 0.25) is 0 Å². The maximum Gasteiger partial charge on any atom is 0.339 e. The Kier molecular flexibility index (Phi) is 9.06. The number of hydrogen-bond acceptors (Lipinski definition) is 7. The van der Waals surface area contributed by atoms with E-state index in [0.717, 1.165) is 49.2 Å². The summed E-state index contributed by atoms with van der Waals surface area (Å²) in [4.78, 5) is 21.4. The van der Waals surface area contributed by atoms with E-state index in [1.54, 1.807) is 20.1 Å². The monoisotopic (exact) mass is 531 g/mol. The molecule has 7 nitrogen and oxygen atoms in total. The summed E-state index contributed by atoms with van der Waals surface area (Å²) in [6, 6.07) is 14.1. The van der Waals surface area contributed by atoms with Crippen molar-refractivity contribution in [2.75, 3.05) is 51.3 Å². The molecule has 3 heterocycles. The zero-order valence-electron chi connectivity index (χ0n) is 20.7. The molecule has 2 aromatic carbocycles. The number of piperazine rings is 1. The van der Waals surface area contributed by atoms with Crippen molar-refractivity contribution >= 4 is 52.4 Å². The van der Waals surface area contributed by atoms with Gasteiger partial charge in [0.2, 0.25) is 0 Å². The number of methoxy groups -OCH3 is 1. The fourth-order valence-corrected chi connectivity index (χ4v) is 4.56. The van der Waals surface area contributed by atoms with Crippen molar-refractivity contribution < 1.29 is 13.9 Å². The van der Waals surface area contributed by atoms with Crippen molar-refractivity contribution in [3.63, 3.8) is 0 Å². The van der Waals surface area contributed by atoms with E-state index in [9.17, 15) is 4.79 Å². The first-order valence-electron chi connectivity index (χ1n) is 11.6. The number of rotatable bonds is 6. The number of fused-ring (bicyclic) bond motifs is 2. The first-order valence-corrected chi connectivity index (χ1v) is 11.6. The highest BCUT2D eigenvalue weighted by atomic mass is 35.5. The lowest BCUT2D eigenvalue weighted by molar-refractivity contribution is 0.197. The molecular formula is C27H31Cl2N3O4. The topological polar surface area (TPSA) is 68.0 Å². The molecule has 36 heavy (non-hydrogen) atoms. The third kappa shape index (κ3) is 5.38. The first-order chi connectivity index (χ1) is 16.5. The highest BCUT2D eigenvalue weighted by Crippen LogP contribution is 2.34. The van der Waals surface area contributed by atoms with Gasteiger partial charge in [0.25, 0.3) is 0 Å². The number of aromatic nitrogens is 1. The van der Waals surface area contributed by atoms with Crippen LogP contribution in [-0.4, -0.2) is 56.3 Å². The summed E-state index contributed by atoms with van der Waals surface area (Å²) in [5, 5.41) is 2.04. The number of para-hydroxylation sites is 1. The van der Waals surface area contributed by atoms with Gasteiger partial charge in [-0.1, -0.05) is 18.2 Å². The molecule has 0 N–H and O–H groups in total. The maximum atomic E-state index is 12.0. The fourth-order valence-electron chi connectivity index (χ4n) is 4.56. The molecule has 9 heteroatoms. The van der Waals surface area contributed by atoms with Gasteiger partial charge in [-0.15, -0.1) is 24.8 Å². The second-order valence-corrected chi connectivity index (χ2v) is 8.67. The van der Waals surface area contributed by atoms with E-state index in [2.05, 4.69) is 39.0 Å². The standard InChI is InChI=1S/C27H29N3O4.2ClH/c1-18-19(2)27(31)34-23-17-24(32-3)25(16-21(18)23)33-15-14-29-10-12-30(13-11-29)22-8-4-6-20-7-5-9-28-26(20)22;;/h4-9,16-17H,10-15H2,1-3H3;2*1H. The van der Waals surface area contributed by atoms with E-state index in [1.165, 1.54) is 11.1 Å². The van der Waals surface area contributed by atoms with Crippen molar-refractivity contribution in [1.29, 1.82) is 0 Å². The highest BCUT2D eigenvalue weighted by Gasteiger charge is 2.19. The van der Waals surface area contributed by atoms with Crippen molar-refractivity contribution in [2.24, 2.45) is 0 Å². The third-order valence-electron chi connectivity index (χ3n) is 6.73. The van der Waals surface area contributed by atoms with Crippen molar-refractivity contribution in [2.45, 2.75) is 13.8 Å². The zero-order valence-corrected chi connectivity index (χ0v) is 22.3. The van der Waals surface area contributed by atoms with Crippen LogP contribution in [0, 0.1) is 13.8 Å². The summed E-state index contributed by atoms with van der Waals surface area (Å²) in [6.07, 6.45) is 1.86. The Morgan fingerprint density at radius 1 is 0.972 bits per heavy atom. The van der Waals surface area contributed by atoms with E-state index in [4.69, 9.17) is 13.9 Å². The van der Waals surface area contributed by atoms with Gasteiger partial charge in [0.05, 0.1) is 18.3 Å². The second kappa shape index (κ2) is 11.8. The van der Waals surface area contributed by atoms with Crippen LogP contribution in [0.15, 0.2) is 57.9 Å². The van der Waals surface area contributed by atoms with Gasteiger partial charge in [0, 0.05) is 61.3 Å². The van der Waals surface area contributed by atoms with Gasteiger partial charge in [-0.25, -0.2) is 4.79 Å². The quantitative estimate of drug-likeness (QED) is 0.324. The highest BCUT2D eigenvalue weighted by molar-refractivity contribution is 5.90. The van der Waals surface area contributed by atoms with Gasteiger partial charge in [-0.3, -0.25) is 9.88 Å². The summed E-state index contributed by atoms with van der Waals surface area (Å²) < 4.78 is 17.0. The van der Waals surface area contributed by atoms with Crippen molar-refractivity contribution in [1.82, 2.24) is 9.88 Å². The Balaban J connectivity index is 0.00000180. The van der Waals surface area contributed by atoms with Crippen molar-refractivity contribution in [3.8, 4) is 11.5 Å². The average molecular weight is 532 g/mol. The molecule has 0 bridgehead atoms. The molecule has 192 valence electrons. The molecule has 0 spiro atoms. The molecule has 4 aromatic rings. The van der Waals surface area contributed by atoms with Gasteiger partial charge in [0.15, 0.2) is 11.5 Å². The van der Waals surface area contributed by atoms with E-state index in [0.29, 0.717) is 29.3 Å². The molecule has 1 aliphatic heterocycles. The molecule has 1 fully saturated rings. The summed E-state index contributed by atoms with van der Waals surface area (Å²) >= 11 is 0. The van der Waals surface area contributed by atoms with Crippen LogP contribution in [0.25, 0.3) is 21.9 Å². The van der Waals surface area contributed by atoms with E-state index in [-0.39, 0.29) is 30.4 Å². The van der Waals surface area contributed by atoms with Crippen LogP contribution in [0.3, 0.4) is 0 Å². The fraction of sp³-hybridized carbons (Fsp3) is 0.333. The van der Waals surface area contributed by atoms with Gasteiger partial charge >= 0.3 is 5.63 Å². The predicted molar refractivity (Wildman–Crippen MR) is 149 cm³/mol. The molecule has 0 amide bonds. The Morgan fingerprint density at radius 2 is 1.72 bits per heavy atom. The smallest absolute Gasteiger partial charge is 0.339 e. The van der Waals surface area contributed by atoms with Gasteiger partial charge in [-0.2, -0.15) is 0 Å². The lowest BCUT2D eigenvalue weighted by Crippen LogP contribution is -2.47. The summed E-state index contributed by atoms with van der Waals surface area (Å²) in [5.41, 5.74) is 3.97. The number of halogens is 2. The Bertz CT molecular complexity index is 1400. The number of aryl methyl sites for hydroxylation is 1. The normalized spacial score (nSPS) is 13.8. The molecule has 0 atom stereocenters. The minimum atomic E-state index is -0.320. The minimum Gasteiger partial charge on any atom is -0.493 e. The average Bonchev–Trinajstić information content (AvgIpc) is 2.87. The van der Waals surface area contributed by atoms with Gasteiger partial charge < -0.3 is 18.8 Å². The van der Waals surface area contributed by atoms with Crippen LogP contribution >= 0.6 is 24.8 Å². The molecule has 0 aliphatic carbocycles. The number of nitrogens with zero attached hydrogens (tertiary/aromatic N) is 3. The van der Waals surface area contributed by atoms with Gasteiger partial charge in [-0.05, 0) is 37.6 Å². The van der Waals surface area contributed by atoms with Crippen LogP contribution in [0.1, 0.15) is 11.1 Å². The predicted octanol–water partition coefficient (Wildman–Crippen LogP) is 5.01. The van der Waals surface area contributed by atoms with E-state index in [1.807, 2.05) is 25.3 Å². The molecule has 1 aliphatic rings. The van der Waals surface area contributed by atoms with Crippen LogP contribution in [0.5, 0.6) is 11.5 Å². The number of ether oxygens (including phenoxy) is 2. The summed E-state index contributed by atoms with van der Waals surface area (Å²) in [7, 11) is 1.59. The maximum absolute atomic E-state index is 12.0. The largest absolute Gasteiger partial charge is 0.493 e. The van der Waals surface area contributed by atoms with Crippen molar-refractivity contribution in [3.05, 3.63) is 70.2 Å². The summed E-state index contributed by atoms with van der Waals surface area (Å²) in [6.45, 7) is 8.90. The second-order valence-electron chi connectivity index (χ2n) is 8.67. The Labute approximate surface area is 222 Å². The Hall–Kier alpha value is -3.00. The lowest BCUT2D eigenvalue weighted by Gasteiger charge is -2.36. The molecule has 5 rings (SSSR count). The zero-order chi connectivity index (χ0) is 23.7. The SMILES string of the molecule is COc1cc2oc(=O)c(C)c(C)c2cc1OCCN1CCN(c2cccc3cccnc23)CC1.Cl.Cl. The lowest BCUT2D eigenvalue weighted by atomic mass is 10.1. The third-order valence-corrected chi connectivity index (χ3v) is 6.73. The first kappa shape index (κ1) is 27.6. The number of pyridine rings is 1. The Morgan fingerprint density at radius 3 is 2.47 bits per heavy atom. The van der Waals surface area contributed by atoms with E-state index < -0.39 is 0 Å².